The molecule has 10 nitrogen and oxygen atoms in total. The van der Waals surface area contributed by atoms with Crippen LogP contribution in [0.5, 0.6) is 0 Å². The summed E-state index contributed by atoms with van der Waals surface area (Å²) in [6.45, 7) is -0.396. The first-order valence-corrected chi connectivity index (χ1v) is 6.26. The van der Waals surface area contributed by atoms with Crippen LogP contribution in [-0.2, 0) is 9.57 Å². The van der Waals surface area contributed by atoms with Gasteiger partial charge in [0, 0.05) is 0 Å². The van der Waals surface area contributed by atoms with E-state index < -0.39 is 31.1 Å². The largest absolute Gasteiger partial charge is 0.394 e. The number of nitrogens with zero attached hydrogens (tertiary/aromatic N) is 4. The van der Waals surface area contributed by atoms with Gasteiger partial charge in [0.05, 0.1) is 20.0 Å². The SMILES string of the molecule is CONc1[15n]cnc2c1[15n][13cH]n2[C@@H]1O[C@H](CO)[C@@H](O)[C@H]1O. The Bertz CT molecular complexity index is 634. The van der Waals surface area contributed by atoms with Gasteiger partial charge in [0.2, 0.25) is 0 Å². The maximum absolute atomic E-state index is 10.0. The monoisotopic (exact) mass is 300 g/mol. The van der Waals surface area contributed by atoms with Crippen LogP contribution in [-0.4, -0.2) is 66.9 Å². The molecule has 1 aliphatic heterocycles. The fourth-order valence-corrected chi connectivity index (χ4v) is 2.32. The molecule has 0 spiro atoms. The summed E-state index contributed by atoms with van der Waals surface area (Å²) in [4.78, 5) is 17.0. The third-order valence-corrected chi connectivity index (χ3v) is 3.35. The molecule has 1 saturated heterocycles. The van der Waals surface area contributed by atoms with Crippen molar-refractivity contribution in [3.05, 3.63) is 12.7 Å². The Morgan fingerprint density at radius 1 is 1.33 bits per heavy atom. The molecule has 0 radical (unpaired) electrons. The van der Waals surface area contributed by atoms with E-state index in [0.717, 1.165) is 0 Å². The van der Waals surface area contributed by atoms with Crippen molar-refractivity contribution >= 4 is 17.0 Å². The molecule has 1 aliphatic rings. The Kier molecular flexibility index (Phi) is 3.69. The highest BCUT2D eigenvalue weighted by Crippen LogP contribution is 2.31. The van der Waals surface area contributed by atoms with Crippen molar-refractivity contribution in [3.63, 3.8) is 0 Å². The first kappa shape index (κ1) is 14.1. The summed E-state index contributed by atoms with van der Waals surface area (Å²) < 4.78 is 6.92. The highest BCUT2D eigenvalue weighted by Gasteiger charge is 2.44. The number of nitrogens with one attached hydrogen (secondary N) is 1. The smallest absolute Gasteiger partial charge is 0.181 e. The van der Waals surface area contributed by atoms with Crippen molar-refractivity contribution < 1.29 is 24.9 Å². The Balaban J connectivity index is 2.00. The van der Waals surface area contributed by atoms with E-state index in [1.54, 1.807) is 0 Å². The van der Waals surface area contributed by atoms with E-state index in [-0.39, 0.29) is 0 Å². The average Bonchev–Trinajstić information content (AvgIpc) is 3.03. The van der Waals surface area contributed by atoms with Gasteiger partial charge >= 0.3 is 0 Å². The second kappa shape index (κ2) is 5.50. The molecule has 0 aromatic carbocycles. The Morgan fingerprint density at radius 2 is 2.14 bits per heavy atom. The molecule has 3 heterocycles. The lowest BCUT2D eigenvalue weighted by Gasteiger charge is -2.16. The van der Waals surface area contributed by atoms with Gasteiger partial charge in [0.1, 0.15) is 24.6 Å². The standard InChI is InChI=1S/C11H15N5O5/c1-20-15-9-6-10(13-3-12-9)16(4-14-6)11-8(19)7(18)5(2-17)21-11/h3-5,7-8,11,17-19H,2H2,1H3,(H,12,13,15)/t5-,7-,8-,11-/m1/s1/i4+1,12+1,14+1. The Hall–Kier alpha value is -1.85. The van der Waals surface area contributed by atoms with Gasteiger partial charge in [-0.2, -0.15) is 0 Å². The van der Waals surface area contributed by atoms with Gasteiger partial charge in [-0.3, -0.25) is 9.40 Å². The van der Waals surface area contributed by atoms with Crippen molar-refractivity contribution in [2.45, 2.75) is 24.5 Å². The normalized spacial score (nSPS) is 29.1. The van der Waals surface area contributed by atoms with Crippen LogP contribution in [0, 0.1) is 0 Å². The molecule has 10 heteroatoms. The third kappa shape index (κ3) is 2.22. The van der Waals surface area contributed by atoms with Crippen LogP contribution < -0.4 is 5.48 Å². The first-order chi connectivity index (χ1) is 10.2. The molecule has 3 rings (SSSR count). The molecule has 0 unspecified atom stereocenters. The number of aliphatic hydroxyl groups excluding tert-OH is 3. The summed E-state index contributed by atoms with van der Waals surface area (Å²) in [6, 6.07) is 0. The molecule has 0 bridgehead atoms. The van der Waals surface area contributed by atoms with Gasteiger partial charge in [0.25, 0.3) is 0 Å². The molecule has 21 heavy (non-hydrogen) atoms. The number of aliphatic hydroxyl groups is 3. The van der Waals surface area contributed by atoms with Gasteiger partial charge < -0.3 is 20.1 Å². The predicted octanol–water partition coefficient (Wildman–Crippen LogP) is -1.59. The molecule has 1 fully saturated rings. The van der Waals surface area contributed by atoms with E-state index >= 15 is 0 Å². The quantitative estimate of drug-likeness (QED) is 0.493. The summed E-state index contributed by atoms with van der Waals surface area (Å²) in [5, 5.41) is 29.0. The number of hydrogen-bond donors (Lipinski definition) is 4. The number of hydrogen-bond acceptors (Lipinski definition) is 9. The molecule has 114 valence electrons. The van der Waals surface area contributed by atoms with Crippen molar-refractivity contribution in [2.75, 3.05) is 19.2 Å². The molecule has 2 aromatic rings. The van der Waals surface area contributed by atoms with Crippen LogP contribution in [0.2, 0.25) is 0 Å². The molecule has 0 amide bonds. The van der Waals surface area contributed by atoms with Gasteiger partial charge in [-0.25, -0.2) is 20.4 Å². The van der Waals surface area contributed by atoms with Gasteiger partial charge in [-0.15, -0.1) is 0 Å². The van der Waals surface area contributed by atoms with E-state index in [1.807, 2.05) is 0 Å². The Labute approximate surface area is 118 Å². The lowest BCUT2D eigenvalue weighted by Crippen LogP contribution is -2.33. The molecular formula is C11H15N5O5. The number of aromatic nitrogens is 4. The van der Waals surface area contributed by atoms with Crippen LogP contribution in [0.15, 0.2) is 12.7 Å². The van der Waals surface area contributed by atoms with Crippen molar-refractivity contribution in [3.8, 4) is 0 Å². The number of imidazole rings is 1. The minimum Gasteiger partial charge on any atom is -0.394 e. The maximum Gasteiger partial charge on any atom is 0.181 e. The van der Waals surface area contributed by atoms with Gasteiger partial charge in [0.15, 0.2) is 23.2 Å². The average molecular weight is 300 g/mol. The van der Waals surface area contributed by atoms with E-state index in [1.165, 1.54) is 24.3 Å². The highest BCUT2D eigenvalue weighted by atomic mass is 16.6. The van der Waals surface area contributed by atoms with E-state index in [2.05, 4.69) is 20.4 Å². The van der Waals surface area contributed by atoms with Gasteiger partial charge in [-0.05, 0) is 0 Å². The second-order valence-corrected chi connectivity index (χ2v) is 4.58. The summed E-state index contributed by atoms with van der Waals surface area (Å²) in [6.07, 6.45) is -1.42. The molecule has 4 atom stereocenters. The fraction of sp³-hybridized carbons (Fsp3) is 0.545. The van der Waals surface area contributed by atoms with Crippen LogP contribution in [0.1, 0.15) is 6.23 Å². The van der Waals surface area contributed by atoms with Gasteiger partial charge in [-0.1, -0.05) is 0 Å². The molecule has 2 aromatic heterocycles. The van der Waals surface area contributed by atoms with Crippen LogP contribution in [0.3, 0.4) is 0 Å². The third-order valence-electron chi connectivity index (χ3n) is 3.35. The van der Waals surface area contributed by atoms with Crippen LogP contribution in [0.4, 0.5) is 5.82 Å². The number of ether oxygens (including phenoxy) is 1. The van der Waals surface area contributed by atoms with Crippen molar-refractivity contribution in [1.82, 2.24) is 19.5 Å². The Morgan fingerprint density at radius 3 is 2.81 bits per heavy atom. The minimum absolute atomic E-state index is 0.369. The lowest BCUT2D eigenvalue weighted by atomic mass is 10.1. The molecular weight excluding hydrogens is 285 g/mol. The van der Waals surface area contributed by atoms with E-state index in [0.29, 0.717) is 17.0 Å². The van der Waals surface area contributed by atoms with E-state index in [4.69, 9.17) is 14.7 Å². The lowest BCUT2D eigenvalue weighted by molar-refractivity contribution is -0.0511. The predicted molar refractivity (Wildman–Crippen MR) is 69.0 cm³/mol. The highest BCUT2D eigenvalue weighted by molar-refractivity contribution is 5.82. The molecule has 0 saturated carbocycles. The van der Waals surface area contributed by atoms with Crippen molar-refractivity contribution in [2.24, 2.45) is 0 Å². The first-order valence-electron chi connectivity index (χ1n) is 6.26. The maximum atomic E-state index is 10.0. The van der Waals surface area contributed by atoms with Crippen LogP contribution >= 0.6 is 0 Å². The topological polar surface area (TPSA) is 135 Å². The van der Waals surface area contributed by atoms with Crippen LogP contribution in [0.25, 0.3) is 11.2 Å². The number of rotatable bonds is 4. The van der Waals surface area contributed by atoms with E-state index in [9.17, 15) is 10.2 Å². The summed E-state index contributed by atoms with van der Waals surface area (Å²) >= 11 is 0. The van der Waals surface area contributed by atoms with Crippen molar-refractivity contribution in [1.29, 1.82) is 0 Å². The minimum atomic E-state index is -1.20. The summed E-state index contributed by atoms with van der Waals surface area (Å²) in [5.41, 5.74) is 3.40. The zero-order chi connectivity index (χ0) is 15.0. The zero-order valence-corrected chi connectivity index (χ0v) is 11.1. The number of anilines is 1. The molecule has 0 aliphatic carbocycles. The second-order valence-electron chi connectivity index (χ2n) is 4.58. The fourth-order valence-electron chi connectivity index (χ4n) is 2.32. The molecule has 4 N–H and O–H groups in total. The number of fused-ring (bicyclic) bond motifs is 1. The zero-order valence-electron chi connectivity index (χ0n) is 11.1. The summed E-state index contributed by atoms with van der Waals surface area (Å²) in [5.74, 6) is 0.369. The summed E-state index contributed by atoms with van der Waals surface area (Å²) in [7, 11) is 1.44.